The van der Waals surface area contributed by atoms with E-state index in [4.69, 9.17) is 5.26 Å². The third-order valence-electron chi connectivity index (χ3n) is 3.34. The molecule has 1 N–H and O–H groups in total. The van der Waals surface area contributed by atoms with Gasteiger partial charge < -0.3 is 5.32 Å². The van der Waals surface area contributed by atoms with E-state index in [0.29, 0.717) is 11.3 Å². The van der Waals surface area contributed by atoms with Gasteiger partial charge in [0.25, 0.3) is 0 Å². The van der Waals surface area contributed by atoms with E-state index in [0.717, 1.165) is 18.7 Å². The topological polar surface area (TPSA) is 35.8 Å². The van der Waals surface area contributed by atoms with Crippen LogP contribution in [0.2, 0.25) is 0 Å². The van der Waals surface area contributed by atoms with Crippen molar-refractivity contribution in [2.24, 2.45) is 11.3 Å². The summed E-state index contributed by atoms with van der Waals surface area (Å²) in [5, 5.41) is 12.2. The number of nitrogens with zero attached hydrogens (tertiary/aromatic N) is 1. The molecule has 1 unspecified atom stereocenters. The minimum atomic E-state index is 0.345. The summed E-state index contributed by atoms with van der Waals surface area (Å²) in [6, 6.07) is 9.87. The molecule has 0 aromatic heterocycles. The van der Waals surface area contributed by atoms with Gasteiger partial charge in [0.05, 0.1) is 11.6 Å². The fourth-order valence-electron chi connectivity index (χ4n) is 1.44. The zero-order valence-corrected chi connectivity index (χ0v) is 11.2. The van der Waals surface area contributed by atoms with Gasteiger partial charge in [0.1, 0.15) is 0 Å². The number of hydrogen-bond acceptors (Lipinski definition) is 2. The Morgan fingerprint density at radius 1 is 1.24 bits per heavy atom. The van der Waals surface area contributed by atoms with Gasteiger partial charge >= 0.3 is 0 Å². The Bertz CT molecular complexity index is 379. The fourth-order valence-corrected chi connectivity index (χ4v) is 1.44. The van der Waals surface area contributed by atoms with Gasteiger partial charge in [-0.05, 0) is 35.6 Å². The quantitative estimate of drug-likeness (QED) is 0.861. The van der Waals surface area contributed by atoms with Crippen LogP contribution in [0.4, 0.5) is 0 Å². The van der Waals surface area contributed by atoms with E-state index in [1.807, 2.05) is 24.3 Å². The van der Waals surface area contributed by atoms with E-state index in [2.05, 4.69) is 39.1 Å². The Balaban J connectivity index is 2.39. The highest BCUT2D eigenvalue weighted by Gasteiger charge is 2.18. The molecule has 17 heavy (non-hydrogen) atoms. The second-order valence-electron chi connectivity index (χ2n) is 5.71. The monoisotopic (exact) mass is 230 g/mol. The van der Waals surface area contributed by atoms with Crippen LogP contribution < -0.4 is 5.32 Å². The van der Waals surface area contributed by atoms with Crippen molar-refractivity contribution in [2.75, 3.05) is 6.54 Å². The van der Waals surface area contributed by atoms with Crippen molar-refractivity contribution >= 4 is 0 Å². The van der Waals surface area contributed by atoms with Crippen LogP contribution in [0.5, 0.6) is 0 Å². The van der Waals surface area contributed by atoms with E-state index in [1.165, 1.54) is 5.56 Å². The molecule has 0 aliphatic carbocycles. The molecule has 0 fully saturated rings. The fraction of sp³-hybridized carbons (Fsp3) is 0.533. The molecule has 1 aromatic carbocycles. The first-order valence-electron chi connectivity index (χ1n) is 6.13. The second kappa shape index (κ2) is 5.84. The highest BCUT2D eigenvalue weighted by Crippen LogP contribution is 2.24. The van der Waals surface area contributed by atoms with Gasteiger partial charge in [-0.1, -0.05) is 39.8 Å². The van der Waals surface area contributed by atoms with E-state index >= 15 is 0 Å². The largest absolute Gasteiger partial charge is 0.312 e. The molecule has 1 aromatic rings. The normalized spacial score (nSPS) is 13.1. The number of nitriles is 1. The van der Waals surface area contributed by atoms with Crippen molar-refractivity contribution in [1.82, 2.24) is 5.32 Å². The van der Waals surface area contributed by atoms with Gasteiger partial charge in [0.2, 0.25) is 0 Å². The molecular weight excluding hydrogens is 208 g/mol. The third-order valence-corrected chi connectivity index (χ3v) is 3.34. The molecule has 0 saturated carbocycles. The summed E-state index contributed by atoms with van der Waals surface area (Å²) in [6.07, 6.45) is 0. The van der Waals surface area contributed by atoms with Gasteiger partial charge in [-0.25, -0.2) is 0 Å². The van der Waals surface area contributed by atoms with Gasteiger partial charge in [-0.15, -0.1) is 0 Å². The Morgan fingerprint density at radius 3 is 2.29 bits per heavy atom. The van der Waals surface area contributed by atoms with E-state index in [1.54, 1.807) is 0 Å². The number of nitrogens with one attached hydrogen (secondary N) is 1. The summed E-state index contributed by atoms with van der Waals surface area (Å²) in [6.45, 7) is 10.9. The summed E-state index contributed by atoms with van der Waals surface area (Å²) in [5.74, 6) is 0.640. The Labute approximate surface area is 105 Å². The van der Waals surface area contributed by atoms with Crippen LogP contribution in [0.15, 0.2) is 24.3 Å². The minimum Gasteiger partial charge on any atom is -0.312 e. The molecule has 0 bridgehead atoms. The van der Waals surface area contributed by atoms with Crippen LogP contribution in [0.3, 0.4) is 0 Å². The minimum absolute atomic E-state index is 0.345. The lowest BCUT2D eigenvalue weighted by molar-refractivity contribution is 0.252. The van der Waals surface area contributed by atoms with Crippen LogP contribution >= 0.6 is 0 Å². The Kier molecular flexibility index (Phi) is 4.72. The van der Waals surface area contributed by atoms with Crippen molar-refractivity contribution in [3.63, 3.8) is 0 Å². The zero-order chi connectivity index (χ0) is 12.9. The lowest BCUT2D eigenvalue weighted by Gasteiger charge is -2.27. The molecule has 0 aliphatic heterocycles. The van der Waals surface area contributed by atoms with Crippen LogP contribution in [-0.4, -0.2) is 6.54 Å². The summed E-state index contributed by atoms with van der Waals surface area (Å²) in [7, 11) is 0. The second-order valence-corrected chi connectivity index (χ2v) is 5.71. The maximum Gasteiger partial charge on any atom is 0.0991 e. The summed E-state index contributed by atoms with van der Waals surface area (Å²) in [5.41, 5.74) is 2.29. The molecule has 0 amide bonds. The van der Waals surface area contributed by atoms with Gasteiger partial charge in [-0.3, -0.25) is 0 Å². The first kappa shape index (κ1) is 13.7. The summed E-state index contributed by atoms with van der Waals surface area (Å²) >= 11 is 0. The molecule has 0 radical (unpaired) electrons. The van der Waals surface area contributed by atoms with Crippen LogP contribution in [-0.2, 0) is 6.54 Å². The van der Waals surface area contributed by atoms with E-state index in [9.17, 15) is 0 Å². The molecule has 1 rings (SSSR count). The first-order chi connectivity index (χ1) is 7.93. The van der Waals surface area contributed by atoms with Crippen molar-refractivity contribution in [3.05, 3.63) is 35.4 Å². The van der Waals surface area contributed by atoms with Crippen molar-refractivity contribution in [2.45, 2.75) is 34.2 Å². The number of benzene rings is 1. The summed E-state index contributed by atoms with van der Waals surface area (Å²) < 4.78 is 0. The maximum absolute atomic E-state index is 8.70. The number of hydrogen-bond donors (Lipinski definition) is 1. The molecule has 0 aliphatic rings. The van der Waals surface area contributed by atoms with E-state index < -0.39 is 0 Å². The van der Waals surface area contributed by atoms with Crippen LogP contribution in [0.25, 0.3) is 0 Å². The van der Waals surface area contributed by atoms with E-state index in [-0.39, 0.29) is 0 Å². The van der Waals surface area contributed by atoms with Gasteiger partial charge in [0.15, 0.2) is 0 Å². The molecule has 0 saturated heterocycles. The molecule has 0 heterocycles. The van der Waals surface area contributed by atoms with Crippen LogP contribution in [0, 0.1) is 22.7 Å². The average molecular weight is 230 g/mol. The van der Waals surface area contributed by atoms with Crippen molar-refractivity contribution in [1.29, 1.82) is 5.26 Å². The lowest BCUT2D eigenvalue weighted by atomic mass is 9.82. The van der Waals surface area contributed by atoms with Gasteiger partial charge in [0, 0.05) is 6.54 Å². The molecule has 2 heteroatoms. The standard InChI is InChI=1S/C15H22N2/c1-12(15(2,3)4)10-17-11-14-7-5-13(9-16)6-8-14/h5-8,12,17H,10-11H2,1-4H3. The SMILES string of the molecule is CC(CNCc1ccc(C#N)cc1)C(C)(C)C. The summed E-state index contributed by atoms with van der Waals surface area (Å²) in [4.78, 5) is 0. The Hall–Kier alpha value is -1.33. The molecule has 92 valence electrons. The maximum atomic E-state index is 8.70. The predicted molar refractivity (Wildman–Crippen MR) is 71.5 cm³/mol. The Morgan fingerprint density at radius 2 is 1.82 bits per heavy atom. The van der Waals surface area contributed by atoms with Gasteiger partial charge in [-0.2, -0.15) is 5.26 Å². The zero-order valence-electron chi connectivity index (χ0n) is 11.2. The highest BCUT2D eigenvalue weighted by molar-refractivity contribution is 5.31. The van der Waals surface area contributed by atoms with Crippen molar-refractivity contribution < 1.29 is 0 Å². The smallest absolute Gasteiger partial charge is 0.0991 e. The lowest BCUT2D eigenvalue weighted by Crippen LogP contribution is -2.29. The number of rotatable bonds is 4. The van der Waals surface area contributed by atoms with Crippen LogP contribution in [0.1, 0.15) is 38.8 Å². The first-order valence-corrected chi connectivity index (χ1v) is 6.13. The molecule has 2 nitrogen and oxygen atoms in total. The molecule has 0 spiro atoms. The average Bonchev–Trinajstić information content (AvgIpc) is 2.28. The molecular formula is C15H22N2. The van der Waals surface area contributed by atoms with Crippen molar-refractivity contribution in [3.8, 4) is 6.07 Å². The molecule has 1 atom stereocenters. The third kappa shape index (κ3) is 4.58. The highest BCUT2D eigenvalue weighted by atomic mass is 14.9. The predicted octanol–water partition coefficient (Wildman–Crippen LogP) is 3.33.